The molecular weight excluding hydrogens is 248 g/mol. The summed E-state index contributed by atoms with van der Waals surface area (Å²) in [4.78, 5) is 4.36. The molecule has 3 nitrogen and oxygen atoms in total. The van der Waals surface area contributed by atoms with Gasteiger partial charge in [-0.05, 0) is 36.4 Å². The van der Waals surface area contributed by atoms with Crippen molar-refractivity contribution in [3.05, 3.63) is 66.4 Å². The Morgan fingerprint density at radius 3 is 2.60 bits per heavy atom. The lowest BCUT2D eigenvalue weighted by molar-refractivity contribution is 0.307. The normalized spacial score (nSPS) is 10.4. The minimum Gasteiger partial charge on any atom is -0.489 e. The van der Waals surface area contributed by atoms with Crippen LogP contribution in [0.2, 0.25) is 0 Å². The Kier molecular flexibility index (Phi) is 3.50. The van der Waals surface area contributed by atoms with Crippen molar-refractivity contribution < 1.29 is 4.74 Å². The first-order valence-electron chi connectivity index (χ1n) is 6.60. The first-order valence-corrected chi connectivity index (χ1v) is 6.60. The third kappa shape index (κ3) is 2.57. The van der Waals surface area contributed by atoms with Crippen LogP contribution in [0.4, 0.5) is 5.69 Å². The van der Waals surface area contributed by atoms with Crippen molar-refractivity contribution in [2.45, 2.75) is 6.61 Å². The zero-order valence-corrected chi connectivity index (χ0v) is 11.3. The minimum atomic E-state index is 0.544. The molecule has 0 aliphatic heterocycles. The molecule has 3 aromatic rings. The molecule has 0 saturated heterocycles. The summed E-state index contributed by atoms with van der Waals surface area (Å²) < 4.78 is 5.84. The predicted octanol–water partition coefficient (Wildman–Crippen LogP) is 3.86. The Labute approximate surface area is 118 Å². The van der Waals surface area contributed by atoms with Crippen LogP contribution in [0.1, 0.15) is 5.56 Å². The fraction of sp³-hybridized carbons (Fsp3) is 0.118. The Hall–Kier alpha value is -2.55. The van der Waals surface area contributed by atoms with E-state index >= 15 is 0 Å². The van der Waals surface area contributed by atoms with Gasteiger partial charge in [0, 0.05) is 29.9 Å². The van der Waals surface area contributed by atoms with Crippen LogP contribution in [0.5, 0.6) is 5.75 Å². The topological polar surface area (TPSA) is 34.1 Å². The number of fused-ring (bicyclic) bond motifs is 1. The van der Waals surface area contributed by atoms with Gasteiger partial charge < -0.3 is 10.1 Å². The van der Waals surface area contributed by atoms with Gasteiger partial charge in [-0.2, -0.15) is 0 Å². The van der Waals surface area contributed by atoms with E-state index in [9.17, 15) is 0 Å². The molecule has 3 rings (SSSR count). The van der Waals surface area contributed by atoms with Crippen LogP contribution in [0.25, 0.3) is 10.9 Å². The van der Waals surface area contributed by atoms with Gasteiger partial charge in [0.1, 0.15) is 12.4 Å². The van der Waals surface area contributed by atoms with Crippen molar-refractivity contribution in [1.29, 1.82) is 0 Å². The van der Waals surface area contributed by atoms with Gasteiger partial charge in [0.15, 0.2) is 0 Å². The number of hydrogen-bond donors (Lipinski definition) is 1. The summed E-state index contributed by atoms with van der Waals surface area (Å²) >= 11 is 0. The van der Waals surface area contributed by atoms with E-state index in [0.717, 1.165) is 27.9 Å². The zero-order valence-electron chi connectivity index (χ0n) is 11.3. The van der Waals surface area contributed by atoms with Crippen molar-refractivity contribution in [1.82, 2.24) is 4.98 Å². The summed E-state index contributed by atoms with van der Waals surface area (Å²) in [7, 11) is 1.90. The SMILES string of the molecule is CNc1ccc(OCc2ccnc3ccccc23)cc1. The minimum absolute atomic E-state index is 0.544. The Morgan fingerprint density at radius 1 is 1.00 bits per heavy atom. The third-order valence-electron chi connectivity index (χ3n) is 3.28. The van der Waals surface area contributed by atoms with E-state index in [2.05, 4.69) is 16.4 Å². The Bertz CT molecular complexity index is 702. The van der Waals surface area contributed by atoms with E-state index in [1.54, 1.807) is 0 Å². The van der Waals surface area contributed by atoms with Crippen molar-refractivity contribution in [2.24, 2.45) is 0 Å². The van der Waals surface area contributed by atoms with Gasteiger partial charge in [-0.15, -0.1) is 0 Å². The number of para-hydroxylation sites is 1. The highest BCUT2D eigenvalue weighted by atomic mass is 16.5. The van der Waals surface area contributed by atoms with Crippen LogP contribution in [-0.2, 0) is 6.61 Å². The molecule has 0 unspecified atom stereocenters. The number of benzene rings is 2. The van der Waals surface area contributed by atoms with E-state index in [1.807, 2.05) is 61.8 Å². The molecule has 0 radical (unpaired) electrons. The third-order valence-corrected chi connectivity index (χ3v) is 3.28. The maximum atomic E-state index is 5.84. The molecule has 0 fully saturated rings. The predicted molar refractivity (Wildman–Crippen MR) is 82.1 cm³/mol. The van der Waals surface area contributed by atoms with Crippen LogP contribution in [-0.4, -0.2) is 12.0 Å². The average Bonchev–Trinajstić information content (AvgIpc) is 2.53. The number of rotatable bonds is 4. The maximum absolute atomic E-state index is 5.84. The monoisotopic (exact) mass is 264 g/mol. The van der Waals surface area contributed by atoms with Crippen molar-refractivity contribution in [3.63, 3.8) is 0 Å². The lowest BCUT2D eigenvalue weighted by Gasteiger charge is -2.09. The number of ether oxygens (including phenoxy) is 1. The number of nitrogens with zero attached hydrogens (tertiary/aromatic N) is 1. The van der Waals surface area contributed by atoms with Crippen LogP contribution >= 0.6 is 0 Å². The largest absolute Gasteiger partial charge is 0.489 e. The summed E-state index contributed by atoms with van der Waals surface area (Å²) in [6.07, 6.45) is 1.82. The number of anilines is 1. The molecule has 3 heteroatoms. The maximum Gasteiger partial charge on any atom is 0.119 e. The molecule has 1 heterocycles. The first-order chi connectivity index (χ1) is 9.86. The van der Waals surface area contributed by atoms with Gasteiger partial charge in [0.2, 0.25) is 0 Å². The van der Waals surface area contributed by atoms with Crippen LogP contribution < -0.4 is 10.1 Å². The van der Waals surface area contributed by atoms with Gasteiger partial charge in [0.05, 0.1) is 5.52 Å². The molecule has 1 N–H and O–H groups in total. The second kappa shape index (κ2) is 5.61. The van der Waals surface area contributed by atoms with Gasteiger partial charge in [-0.3, -0.25) is 4.98 Å². The van der Waals surface area contributed by atoms with Crippen molar-refractivity contribution in [2.75, 3.05) is 12.4 Å². The molecule has 0 saturated carbocycles. The molecule has 0 aliphatic carbocycles. The van der Waals surface area contributed by atoms with Crippen LogP contribution in [0.3, 0.4) is 0 Å². The summed E-state index contributed by atoms with van der Waals surface area (Å²) in [5.41, 5.74) is 3.22. The van der Waals surface area contributed by atoms with Gasteiger partial charge in [0.25, 0.3) is 0 Å². The van der Waals surface area contributed by atoms with E-state index in [4.69, 9.17) is 4.74 Å². The highest BCUT2D eigenvalue weighted by Gasteiger charge is 2.02. The first kappa shape index (κ1) is 12.5. The van der Waals surface area contributed by atoms with E-state index in [0.29, 0.717) is 6.61 Å². The van der Waals surface area contributed by atoms with Crippen molar-refractivity contribution in [3.8, 4) is 5.75 Å². The molecule has 20 heavy (non-hydrogen) atoms. The summed E-state index contributed by atoms with van der Waals surface area (Å²) in [5, 5.41) is 4.23. The molecule has 0 bridgehead atoms. The fourth-order valence-corrected chi connectivity index (χ4v) is 2.16. The fourth-order valence-electron chi connectivity index (χ4n) is 2.16. The van der Waals surface area contributed by atoms with E-state index in [1.165, 1.54) is 0 Å². The molecule has 0 spiro atoms. The zero-order chi connectivity index (χ0) is 13.8. The molecule has 100 valence electrons. The second-order valence-corrected chi connectivity index (χ2v) is 4.55. The number of nitrogens with one attached hydrogen (secondary N) is 1. The quantitative estimate of drug-likeness (QED) is 0.777. The standard InChI is InChI=1S/C17H16N2O/c1-18-14-6-8-15(9-7-14)20-12-13-10-11-19-17-5-3-2-4-16(13)17/h2-11,18H,12H2,1H3. The lowest BCUT2D eigenvalue weighted by Crippen LogP contribution is -1.97. The molecule has 0 aliphatic rings. The Balaban J connectivity index is 1.79. The number of aromatic nitrogens is 1. The van der Waals surface area contributed by atoms with Crippen molar-refractivity contribution >= 4 is 16.6 Å². The highest BCUT2D eigenvalue weighted by Crippen LogP contribution is 2.20. The number of pyridine rings is 1. The van der Waals surface area contributed by atoms with Crippen LogP contribution in [0.15, 0.2) is 60.8 Å². The molecular formula is C17H16N2O. The molecule has 2 aromatic carbocycles. The van der Waals surface area contributed by atoms with Crippen LogP contribution in [0, 0.1) is 0 Å². The van der Waals surface area contributed by atoms with Gasteiger partial charge >= 0.3 is 0 Å². The summed E-state index contributed by atoms with van der Waals surface area (Å²) in [6.45, 7) is 0.544. The smallest absolute Gasteiger partial charge is 0.119 e. The van der Waals surface area contributed by atoms with Gasteiger partial charge in [-0.25, -0.2) is 0 Å². The van der Waals surface area contributed by atoms with E-state index < -0.39 is 0 Å². The molecule has 0 amide bonds. The Morgan fingerprint density at radius 2 is 1.80 bits per heavy atom. The molecule has 1 aromatic heterocycles. The van der Waals surface area contributed by atoms with Gasteiger partial charge in [-0.1, -0.05) is 18.2 Å². The highest BCUT2D eigenvalue weighted by molar-refractivity contribution is 5.81. The summed E-state index contributed by atoms with van der Waals surface area (Å²) in [6, 6.07) is 18.0. The lowest BCUT2D eigenvalue weighted by atomic mass is 10.1. The summed E-state index contributed by atoms with van der Waals surface area (Å²) in [5.74, 6) is 0.866. The van der Waals surface area contributed by atoms with E-state index in [-0.39, 0.29) is 0 Å². The second-order valence-electron chi connectivity index (χ2n) is 4.55. The number of hydrogen-bond acceptors (Lipinski definition) is 3. The average molecular weight is 264 g/mol. The molecule has 0 atom stereocenters.